The molecule has 3 rings (SSSR count). The number of benzene rings is 1. The number of rotatable bonds is 2. The van der Waals surface area contributed by atoms with Crippen LogP contribution in [-0.4, -0.2) is 12.7 Å². The lowest BCUT2D eigenvalue weighted by atomic mass is 9.96. The topological polar surface area (TPSA) is 9.23 Å². The van der Waals surface area contributed by atoms with Gasteiger partial charge in [-0.3, -0.25) is 0 Å². The molecule has 1 nitrogen and oxygen atoms in total. The van der Waals surface area contributed by atoms with E-state index < -0.39 is 0 Å². The van der Waals surface area contributed by atoms with Gasteiger partial charge < -0.3 is 4.74 Å². The second-order valence-electron chi connectivity index (χ2n) is 4.73. The molecule has 2 aromatic rings. The molecule has 0 bridgehead atoms. The first kappa shape index (κ1) is 11.5. The summed E-state index contributed by atoms with van der Waals surface area (Å²) in [6.07, 6.45) is 1.42. The fourth-order valence-electron chi connectivity index (χ4n) is 2.52. The summed E-state index contributed by atoms with van der Waals surface area (Å²) in [6.45, 7) is 2.91. The van der Waals surface area contributed by atoms with Crippen LogP contribution in [0.2, 0.25) is 0 Å². The van der Waals surface area contributed by atoms with Gasteiger partial charge in [0.2, 0.25) is 0 Å². The zero-order valence-electron chi connectivity index (χ0n) is 9.73. The van der Waals surface area contributed by atoms with Gasteiger partial charge in [0.1, 0.15) is 0 Å². The summed E-state index contributed by atoms with van der Waals surface area (Å²) in [5.41, 5.74) is 1.27. The summed E-state index contributed by atoms with van der Waals surface area (Å²) in [5, 5.41) is 3.58. The highest BCUT2D eigenvalue weighted by Gasteiger charge is 2.30. The molecule has 3 atom stereocenters. The van der Waals surface area contributed by atoms with Crippen LogP contribution in [0.4, 0.5) is 0 Å². The van der Waals surface area contributed by atoms with Gasteiger partial charge >= 0.3 is 0 Å². The van der Waals surface area contributed by atoms with Gasteiger partial charge in [-0.1, -0.05) is 18.2 Å². The Bertz CT molecular complexity index is 522. The Kier molecular flexibility index (Phi) is 3.12. The van der Waals surface area contributed by atoms with E-state index in [9.17, 15) is 0 Å². The van der Waals surface area contributed by atoms with Crippen LogP contribution in [-0.2, 0) is 4.74 Å². The molecule has 2 heterocycles. The molecule has 1 fully saturated rings. The van der Waals surface area contributed by atoms with E-state index in [1.54, 1.807) is 11.3 Å². The fraction of sp³-hybridized carbons (Fsp3) is 0.429. The molecular formula is C14H15ClOS. The van der Waals surface area contributed by atoms with Crippen molar-refractivity contribution < 1.29 is 4.74 Å². The van der Waals surface area contributed by atoms with E-state index in [4.69, 9.17) is 16.3 Å². The van der Waals surface area contributed by atoms with Crippen molar-refractivity contribution in [2.75, 3.05) is 6.61 Å². The van der Waals surface area contributed by atoms with Crippen LogP contribution in [0.5, 0.6) is 0 Å². The number of hydrogen-bond acceptors (Lipinski definition) is 2. The third-order valence-corrected chi connectivity index (χ3v) is 5.02. The number of ether oxygens (including phenoxy) is 1. The highest BCUT2D eigenvalue weighted by molar-refractivity contribution is 7.17. The zero-order valence-corrected chi connectivity index (χ0v) is 11.3. The van der Waals surface area contributed by atoms with Crippen molar-refractivity contribution in [3.05, 3.63) is 35.2 Å². The largest absolute Gasteiger partial charge is 0.378 e. The minimum atomic E-state index is 0.0797. The maximum absolute atomic E-state index is 6.62. The predicted molar refractivity (Wildman–Crippen MR) is 73.9 cm³/mol. The van der Waals surface area contributed by atoms with E-state index in [0.717, 1.165) is 13.0 Å². The Balaban J connectivity index is 1.93. The fourth-order valence-corrected chi connectivity index (χ4v) is 3.95. The quantitative estimate of drug-likeness (QED) is 0.722. The normalized spacial score (nSPS) is 26.5. The maximum atomic E-state index is 6.62. The number of thiophene rings is 1. The van der Waals surface area contributed by atoms with Gasteiger partial charge in [-0.15, -0.1) is 22.9 Å². The van der Waals surface area contributed by atoms with Crippen molar-refractivity contribution in [3.63, 3.8) is 0 Å². The van der Waals surface area contributed by atoms with Crippen molar-refractivity contribution >= 4 is 33.0 Å². The van der Waals surface area contributed by atoms with Crippen LogP contribution in [0, 0.1) is 5.92 Å². The monoisotopic (exact) mass is 266 g/mol. The van der Waals surface area contributed by atoms with Crippen LogP contribution >= 0.6 is 22.9 Å². The van der Waals surface area contributed by atoms with Crippen molar-refractivity contribution in [2.45, 2.75) is 24.8 Å². The van der Waals surface area contributed by atoms with Gasteiger partial charge in [0.15, 0.2) is 0 Å². The molecule has 1 aromatic carbocycles. The third-order valence-electron chi connectivity index (χ3n) is 3.45. The van der Waals surface area contributed by atoms with Gasteiger partial charge in [0.05, 0.1) is 18.1 Å². The first-order valence-corrected chi connectivity index (χ1v) is 7.29. The summed E-state index contributed by atoms with van der Waals surface area (Å²) in [6, 6.07) is 8.47. The molecule has 0 amide bonds. The molecule has 3 unspecified atom stereocenters. The first-order valence-electron chi connectivity index (χ1n) is 5.97. The van der Waals surface area contributed by atoms with E-state index in [2.05, 4.69) is 36.6 Å². The average molecular weight is 267 g/mol. The number of halogens is 1. The molecule has 0 N–H and O–H groups in total. The highest BCUT2D eigenvalue weighted by atomic mass is 35.5. The molecule has 0 saturated carbocycles. The molecule has 1 aliphatic heterocycles. The van der Waals surface area contributed by atoms with Crippen LogP contribution in [0.25, 0.3) is 10.1 Å². The number of hydrogen-bond donors (Lipinski definition) is 0. The van der Waals surface area contributed by atoms with E-state index >= 15 is 0 Å². The van der Waals surface area contributed by atoms with Crippen LogP contribution in [0.3, 0.4) is 0 Å². The lowest BCUT2D eigenvalue weighted by molar-refractivity contribution is 0.120. The second-order valence-corrected chi connectivity index (χ2v) is 6.11. The van der Waals surface area contributed by atoms with Crippen molar-refractivity contribution in [1.29, 1.82) is 0 Å². The lowest BCUT2D eigenvalue weighted by Crippen LogP contribution is -2.07. The van der Waals surface area contributed by atoms with Gasteiger partial charge in [0, 0.05) is 10.6 Å². The zero-order chi connectivity index (χ0) is 11.8. The number of fused-ring (bicyclic) bond motifs is 1. The predicted octanol–water partition coefficient (Wildman–Crippen LogP) is 4.61. The molecule has 1 aromatic heterocycles. The van der Waals surface area contributed by atoms with Crippen LogP contribution in [0.1, 0.15) is 24.3 Å². The van der Waals surface area contributed by atoms with Gasteiger partial charge in [0.25, 0.3) is 0 Å². The smallest absolute Gasteiger partial charge is 0.0650 e. The minimum absolute atomic E-state index is 0.0797. The minimum Gasteiger partial charge on any atom is -0.378 e. The number of alkyl halides is 1. The molecule has 17 heavy (non-hydrogen) atoms. The summed E-state index contributed by atoms with van der Waals surface area (Å²) < 4.78 is 6.94. The molecule has 0 spiro atoms. The van der Waals surface area contributed by atoms with Gasteiger partial charge in [-0.25, -0.2) is 0 Å². The highest BCUT2D eigenvalue weighted by Crippen LogP contribution is 2.41. The summed E-state index contributed by atoms with van der Waals surface area (Å²) in [5.74, 6) is 0.449. The summed E-state index contributed by atoms with van der Waals surface area (Å²) in [4.78, 5) is 0. The molecule has 1 saturated heterocycles. The Morgan fingerprint density at radius 1 is 1.41 bits per heavy atom. The van der Waals surface area contributed by atoms with E-state index in [1.165, 1.54) is 15.6 Å². The Labute approximate surface area is 110 Å². The molecule has 1 aliphatic rings. The molecule has 0 radical (unpaired) electrons. The standard InChI is InChI=1S/C14H15ClOS/c1-9-6-10(7-16-9)14(15)12-8-17-13-5-3-2-4-11(12)13/h2-5,8-10,14H,6-7H2,1H3. The van der Waals surface area contributed by atoms with Crippen molar-refractivity contribution in [3.8, 4) is 0 Å². The van der Waals surface area contributed by atoms with Crippen molar-refractivity contribution in [2.24, 2.45) is 5.92 Å². The molecule has 0 aliphatic carbocycles. The first-order chi connectivity index (χ1) is 8.25. The van der Waals surface area contributed by atoms with Crippen LogP contribution in [0.15, 0.2) is 29.6 Å². The van der Waals surface area contributed by atoms with E-state index in [0.29, 0.717) is 12.0 Å². The molecule has 3 heteroatoms. The Morgan fingerprint density at radius 3 is 3.00 bits per heavy atom. The van der Waals surface area contributed by atoms with Crippen molar-refractivity contribution in [1.82, 2.24) is 0 Å². The third kappa shape index (κ3) is 2.10. The van der Waals surface area contributed by atoms with Gasteiger partial charge in [-0.05, 0) is 35.7 Å². The van der Waals surface area contributed by atoms with Crippen LogP contribution < -0.4 is 0 Å². The second kappa shape index (κ2) is 4.60. The lowest BCUT2D eigenvalue weighted by Gasteiger charge is -2.15. The summed E-state index contributed by atoms with van der Waals surface area (Å²) >= 11 is 8.40. The Morgan fingerprint density at radius 2 is 2.24 bits per heavy atom. The van der Waals surface area contributed by atoms with E-state index in [1.807, 2.05) is 0 Å². The maximum Gasteiger partial charge on any atom is 0.0650 e. The molecule has 90 valence electrons. The average Bonchev–Trinajstić information content (AvgIpc) is 2.94. The Hall–Kier alpha value is -0.570. The summed E-state index contributed by atoms with van der Waals surface area (Å²) in [7, 11) is 0. The molecular weight excluding hydrogens is 252 g/mol. The van der Waals surface area contributed by atoms with Gasteiger partial charge in [-0.2, -0.15) is 0 Å². The SMILES string of the molecule is CC1CC(C(Cl)c2csc3ccccc23)CO1. The van der Waals surface area contributed by atoms with E-state index in [-0.39, 0.29) is 5.38 Å².